The summed E-state index contributed by atoms with van der Waals surface area (Å²) in [5.74, 6) is 2.86. The number of fused-ring (bicyclic) bond motifs is 13. The summed E-state index contributed by atoms with van der Waals surface area (Å²) in [5, 5.41) is 0. The van der Waals surface area contributed by atoms with E-state index in [0.717, 1.165) is 23.4 Å². The summed E-state index contributed by atoms with van der Waals surface area (Å²) >= 11 is 0. The van der Waals surface area contributed by atoms with Gasteiger partial charge >= 0.3 is 0 Å². The van der Waals surface area contributed by atoms with Gasteiger partial charge in [-0.2, -0.15) is 0 Å². The van der Waals surface area contributed by atoms with Gasteiger partial charge in [-0.3, -0.25) is 0 Å². The minimum atomic E-state index is -0.409. The Labute approximate surface area is 372 Å². The maximum absolute atomic E-state index is 2.52. The van der Waals surface area contributed by atoms with E-state index in [0.29, 0.717) is 5.41 Å². The van der Waals surface area contributed by atoms with Crippen molar-refractivity contribution in [3.05, 3.63) is 221 Å². The van der Waals surface area contributed by atoms with Gasteiger partial charge in [0.2, 0.25) is 0 Å². The van der Waals surface area contributed by atoms with E-state index in [2.05, 4.69) is 201 Å². The van der Waals surface area contributed by atoms with Crippen LogP contribution in [0.5, 0.6) is 0 Å². The van der Waals surface area contributed by atoms with Gasteiger partial charge in [0.05, 0.1) is 5.41 Å². The third kappa shape index (κ3) is 4.89. The lowest BCUT2D eigenvalue weighted by Gasteiger charge is -2.57. The van der Waals surface area contributed by atoms with Gasteiger partial charge in [-0.1, -0.05) is 159 Å². The lowest BCUT2D eigenvalue weighted by atomic mass is 9.48. The zero-order valence-corrected chi connectivity index (χ0v) is 36.2. The van der Waals surface area contributed by atoms with E-state index in [1.54, 1.807) is 5.56 Å². The molecule has 63 heavy (non-hydrogen) atoms. The molecule has 0 aromatic heterocycles. The van der Waals surface area contributed by atoms with Crippen LogP contribution < -0.4 is 4.90 Å². The van der Waals surface area contributed by atoms with Gasteiger partial charge in [-0.05, 0) is 182 Å². The highest BCUT2D eigenvalue weighted by Crippen LogP contribution is 2.64. The van der Waals surface area contributed by atoms with Crippen molar-refractivity contribution in [2.45, 2.75) is 68.6 Å². The minimum Gasteiger partial charge on any atom is -0.310 e. The van der Waals surface area contributed by atoms with Crippen LogP contribution in [0.15, 0.2) is 182 Å². The second kappa shape index (κ2) is 12.8. The highest BCUT2D eigenvalue weighted by molar-refractivity contribution is 5.96. The van der Waals surface area contributed by atoms with Gasteiger partial charge in [-0.25, -0.2) is 0 Å². The summed E-state index contributed by atoms with van der Waals surface area (Å²) < 4.78 is 0. The van der Waals surface area contributed by atoms with Crippen molar-refractivity contribution in [3.8, 4) is 44.5 Å². The quantitative estimate of drug-likeness (QED) is 0.167. The molecule has 0 aliphatic heterocycles. The van der Waals surface area contributed by atoms with Crippen molar-refractivity contribution < 1.29 is 0 Å². The van der Waals surface area contributed by atoms with Crippen molar-refractivity contribution in [1.82, 2.24) is 0 Å². The summed E-state index contributed by atoms with van der Waals surface area (Å²) in [5.41, 5.74) is 23.9. The number of hydrogen-bond donors (Lipinski definition) is 0. The Kier molecular flexibility index (Phi) is 7.35. The van der Waals surface area contributed by atoms with Crippen molar-refractivity contribution in [2.24, 2.45) is 17.8 Å². The Balaban J connectivity index is 0.917. The van der Waals surface area contributed by atoms with Crippen LogP contribution in [0.2, 0.25) is 0 Å². The molecule has 304 valence electrons. The summed E-state index contributed by atoms with van der Waals surface area (Å²) in [4.78, 5) is 2.51. The average molecular weight is 810 g/mol. The molecule has 0 radical (unpaired) electrons. The van der Waals surface area contributed by atoms with Crippen molar-refractivity contribution in [3.63, 3.8) is 0 Å². The van der Waals surface area contributed by atoms with Crippen LogP contribution in [0, 0.1) is 17.8 Å². The standard InChI is InChI=1S/C62H51N/c1-60(2)54-15-7-3-14-51(54)53-34-46(28-30-55(53)60)63(45-25-21-43(22-26-45)42-19-23-44(24-20-42)61-36-39-31-40(37-61)33-41(32-39)38-61)47-27-29-52-50-13-6-10-18-58(50)62(59(52)35-47)56-16-8-4-11-48(56)49-12-5-9-17-57(49)62/h3-30,34-35,39-41H,31-33,36-38H2,1-2H3. The molecular formula is C62H51N. The van der Waals surface area contributed by atoms with Crippen LogP contribution >= 0.6 is 0 Å². The number of rotatable bonds is 5. The molecule has 0 unspecified atom stereocenters. The van der Waals surface area contributed by atoms with E-state index in [1.165, 1.54) is 128 Å². The average Bonchev–Trinajstić information content (AvgIpc) is 3.87. The van der Waals surface area contributed by atoms with E-state index in [-0.39, 0.29) is 5.41 Å². The van der Waals surface area contributed by atoms with Gasteiger partial charge in [0.25, 0.3) is 0 Å². The fraction of sp³-hybridized carbons (Fsp3) is 0.226. The van der Waals surface area contributed by atoms with E-state index in [4.69, 9.17) is 0 Å². The normalized spacial score (nSPS) is 22.9. The molecule has 0 heterocycles. The molecule has 7 aliphatic carbocycles. The third-order valence-corrected chi connectivity index (χ3v) is 17.1. The number of anilines is 3. The van der Waals surface area contributed by atoms with Crippen molar-refractivity contribution >= 4 is 17.1 Å². The molecule has 0 saturated heterocycles. The first-order chi connectivity index (χ1) is 30.9. The molecule has 15 rings (SSSR count). The van der Waals surface area contributed by atoms with Gasteiger partial charge in [0.15, 0.2) is 0 Å². The van der Waals surface area contributed by atoms with Crippen LogP contribution in [0.4, 0.5) is 17.1 Å². The second-order valence-electron chi connectivity index (χ2n) is 20.7. The Morgan fingerprint density at radius 1 is 0.365 bits per heavy atom. The molecule has 8 aromatic rings. The SMILES string of the molecule is CC1(C)c2ccccc2-c2cc(N(c3ccc(-c4ccc(C56CC7CC(CC(C7)C5)C6)cc4)cc3)c3ccc4c(c3)C3(c5ccccc5-c5ccccc53)c3ccccc3-4)ccc21. The lowest BCUT2D eigenvalue weighted by Crippen LogP contribution is -2.48. The summed E-state index contributed by atoms with van der Waals surface area (Å²) in [6, 6.07) is 70.1. The summed E-state index contributed by atoms with van der Waals surface area (Å²) in [6.07, 6.45) is 8.68. The van der Waals surface area contributed by atoms with E-state index < -0.39 is 5.41 Å². The Hall–Kier alpha value is -6.44. The first-order valence-electron chi connectivity index (χ1n) is 23.6. The Bertz CT molecular complexity index is 3080. The van der Waals surface area contributed by atoms with Gasteiger partial charge in [0, 0.05) is 22.5 Å². The molecule has 0 N–H and O–H groups in total. The monoisotopic (exact) mass is 809 g/mol. The van der Waals surface area contributed by atoms with E-state index >= 15 is 0 Å². The minimum absolute atomic E-state index is 0.0584. The summed E-state index contributed by atoms with van der Waals surface area (Å²) in [7, 11) is 0. The Morgan fingerprint density at radius 2 is 0.778 bits per heavy atom. The zero-order chi connectivity index (χ0) is 41.7. The molecular weight excluding hydrogens is 759 g/mol. The molecule has 1 heteroatoms. The van der Waals surface area contributed by atoms with E-state index in [1.807, 2.05) is 0 Å². The maximum Gasteiger partial charge on any atom is 0.0726 e. The van der Waals surface area contributed by atoms with Crippen LogP contribution in [-0.2, 0) is 16.2 Å². The van der Waals surface area contributed by atoms with Gasteiger partial charge in [0.1, 0.15) is 0 Å². The fourth-order valence-electron chi connectivity index (χ4n) is 14.8. The first kappa shape index (κ1) is 36.1. The molecule has 1 nitrogen and oxygen atoms in total. The van der Waals surface area contributed by atoms with Crippen LogP contribution in [-0.4, -0.2) is 0 Å². The largest absolute Gasteiger partial charge is 0.310 e. The molecule has 7 aliphatic rings. The highest BCUT2D eigenvalue weighted by Gasteiger charge is 2.53. The van der Waals surface area contributed by atoms with Crippen LogP contribution in [0.25, 0.3) is 44.5 Å². The molecule has 4 fully saturated rings. The predicted molar refractivity (Wildman–Crippen MR) is 260 cm³/mol. The van der Waals surface area contributed by atoms with Crippen LogP contribution in [0.1, 0.15) is 91.3 Å². The summed E-state index contributed by atoms with van der Waals surface area (Å²) in [6.45, 7) is 4.75. The topological polar surface area (TPSA) is 3.24 Å². The van der Waals surface area contributed by atoms with Crippen molar-refractivity contribution in [1.29, 1.82) is 0 Å². The molecule has 1 spiro atoms. The molecule has 0 amide bonds. The smallest absolute Gasteiger partial charge is 0.0726 e. The zero-order valence-electron chi connectivity index (χ0n) is 36.2. The molecule has 0 atom stereocenters. The molecule has 4 saturated carbocycles. The number of nitrogens with zero attached hydrogens (tertiary/aromatic N) is 1. The highest BCUT2D eigenvalue weighted by atomic mass is 15.1. The third-order valence-electron chi connectivity index (χ3n) is 17.1. The Morgan fingerprint density at radius 3 is 1.33 bits per heavy atom. The fourth-order valence-corrected chi connectivity index (χ4v) is 14.8. The number of hydrogen-bond acceptors (Lipinski definition) is 1. The van der Waals surface area contributed by atoms with Crippen LogP contribution in [0.3, 0.4) is 0 Å². The maximum atomic E-state index is 2.52. The molecule has 4 bridgehead atoms. The predicted octanol–water partition coefficient (Wildman–Crippen LogP) is 15.9. The molecule has 8 aromatic carbocycles. The number of benzene rings is 8. The van der Waals surface area contributed by atoms with Crippen molar-refractivity contribution in [2.75, 3.05) is 4.90 Å². The first-order valence-corrected chi connectivity index (χ1v) is 23.6. The second-order valence-corrected chi connectivity index (χ2v) is 20.7. The van der Waals surface area contributed by atoms with E-state index in [9.17, 15) is 0 Å². The van der Waals surface area contributed by atoms with Gasteiger partial charge in [-0.15, -0.1) is 0 Å². The van der Waals surface area contributed by atoms with Gasteiger partial charge < -0.3 is 4.90 Å². The lowest BCUT2D eigenvalue weighted by molar-refractivity contribution is -0.00518.